The van der Waals surface area contributed by atoms with E-state index < -0.39 is 5.97 Å². The van der Waals surface area contributed by atoms with Gasteiger partial charge in [-0.3, -0.25) is 9.59 Å². The lowest BCUT2D eigenvalue weighted by atomic mass is 10.2. The number of carboxylic acid groups (broad SMARTS) is 1. The van der Waals surface area contributed by atoms with Crippen molar-refractivity contribution in [3.05, 3.63) is 41.5 Å². The predicted molar refractivity (Wildman–Crippen MR) is 75.2 cm³/mol. The van der Waals surface area contributed by atoms with E-state index in [2.05, 4.69) is 0 Å². The number of anilines is 1. The fraction of sp³-hybridized carbons (Fsp3) is 0.333. The van der Waals surface area contributed by atoms with Crippen LogP contribution in [0.2, 0.25) is 0 Å². The molecular weight excluding hydrogens is 242 g/mol. The van der Waals surface area contributed by atoms with Crippen molar-refractivity contribution in [1.29, 1.82) is 0 Å². The van der Waals surface area contributed by atoms with Crippen molar-refractivity contribution in [2.75, 3.05) is 11.4 Å². The number of allylic oxidation sites excluding steroid dienone is 1. The summed E-state index contributed by atoms with van der Waals surface area (Å²) < 4.78 is 0. The second-order valence-electron chi connectivity index (χ2n) is 4.69. The largest absolute Gasteiger partial charge is 0.481 e. The number of nitrogens with zero attached hydrogens (tertiary/aromatic N) is 1. The summed E-state index contributed by atoms with van der Waals surface area (Å²) in [7, 11) is 0. The number of rotatable bonds is 5. The summed E-state index contributed by atoms with van der Waals surface area (Å²) in [5, 5.41) is 8.76. The second kappa shape index (κ2) is 6.73. The van der Waals surface area contributed by atoms with Gasteiger partial charge in [0.2, 0.25) is 0 Å². The molecule has 4 nitrogen and oxygen atoms in total. The van der Waals surface area contributed by atoms with Crippen molar-refractivity contribution < 1.29 is 14.7 Å². The number of hydrogen-bond acceptors (Lipinski definition) is 2. The van der Waals surface area contributed by atoms with Crippen LogP contribution in [0.15, 0.2) is 35.9 Å². The first-order valence-corrected chi connectivity index (χ1v) is 6.15. The van der Waals surface area contributed by atoms with E-state index in [9.17, 15) is 9.59 Å². The summed E-state index contributed by atoms with van der Waals surface area (Å²) >= 11 is 0. The van der Waals surface area contributed by atoms with Gasteiger partial charge in [-0.15, -0.1) is 0 Å². The van der Waals surface area contributed by atoms with Crippen LogP contribution in [0.25, 0.3) is 0 Å². The molecular formula is C15H19NO3. The molecule has 102 valence electrons. The van der Waals surface area contributed by atoms with E-state index in [1.807, 2.05) is 45.0 Å². The van der Waals surface area contributed by atoms with E-state index in [1.165, 1.54) is 11.0 Å². The van der Waals surface area contributed by atoms with E-state index in [0.717, 1.165) is 11.1 Å². The highest BCUT2D eigenvalue weighted by molar-refractivity contribution is 6.02. The van der Waals surface area contributed by atoms with Crippen LogP contribution in [0.5, 0.6) is 0 Å². The molecule has 0 spiro atoms. The molecule has 0 saturated heterocycles. The van der Waals surface area contributed by atoms with Crippen LogP contribution in [0.4, 0.5) is 5.69 Å². The van der Waals surface area contributed by atoms with Crippen molar-refractivity contribution in [3.8, 4) is 0 Å². The van der Waals surface area contributed by atoms with E-state index in [4.69, 9.17) is 5.11 Å². The Morgan fingerprint density at radius 2 is 1.79 bits per heavy atom. The fourth-order valence-electron chi connectivity index (χ4n) is 1.62. The van der Waals surface area contributed by atoms with E-state index in [-0.39, 0.29) is 18.9 Å². The standard InChI is InChI=1S/C15H19NO3/c1-11(2)10-14(17)16(9-8-15(18)19)13-6-4-12(3)5-7-13/h4-7,10H,8-9H2,1-3H3,(H,18,19). The number of aryl methyl sites for hydroxylation is 1. The first kappa shape index (κ1) is 15.0. The molecule has 0 saturated carbocycles. The van der Waals surface area contributed by atoms with Crippen molar-refractivity contribution >= 4 is 17.6 Å². The summed E-state index contributed by atoms with van der Waals surface area (Å²) in [5.74, 6) is -1.10. The molecule has 0 bridgehead atoms. The Hall–Kier alpha value is -2.10. The second-order valence-corrected chi connectivity index (χ2v) is 4.69. The number of hydrogen-bond donors (Lipinski definition) is 1. The van der Waals surface area contributed by atoms with Gasteiger partial charge in [0.15, 0.2) is 0 Å². The lowest BCUT2D eigenvalue weighted by Crippen LogP contribution is -2.31. The van der Waals surface area contributed by atoms with E-state index >= 15 is 0 Å². The average Bonchev–Trinajstić information content (AvgIpc) is 2.30. The maximum absolute atomic E-state index is 12.1. The van der Waals surface area contributed by atoms with Gasteiger partial charge in [-0.2, -0.15) is 0 Å². The molecule has 1 aromatic carbocycles. The van der Waals surface area contributed by atoms with Gasteiger partial charge in [0.25, 0.3) is 5.91 Å². The van der Waals surface area contributed by atoms with Gasteiger partial charge < -0.3 is 10.0 Å². The van der Waals surface area contributed by atoms with Gasteiger partial charge in [0, 0.05) is 18.3 Å². The molecule has 0 aliphatic carbocycles. The van der Waals surface area contributed by atoms with Crippen LogP contribution in [0, 0.1) is 6.92 Å². The zero-order valence-electron chi connectivity index (χ0n) is 11.5. The minimum Gasteiger partial charge on any atom is -0.481 e. The molecule has 0 aliphatic rings. The Morgan fingerprint density at radius 3 is 2.26 bits per heavy atom. The smallest absolute Gasteiger partial charge is 0.305 e. The predicted octanol–water partition coefficient (Wildman–Crippen LogP) is 2.77. The Kier molecular flexibility index (Phi) is 5.30. The molecule has 0 aromatic heterocycles. The first-order valence-electron chi connectivity index (χ1n) is 6.15. The van der Waals surface area contributed by atoms with Gasteiger partial charge in [0.05, 0.1) is 6.42 Å². The van der Waals surface area contributed by atoms with E-state index in [0.29, 0.717) is 5.69 Å². The van der Waals surface area contributed by atoms with Crippen LogP contribution in [-0.4, -0.2) is 23.5 Å². The van der Waals surface area contributed by atoms with Crippen LogP contribution in [0.3, 0.4) is 0 Å². The molecule has 0 fully saturated rings. The molecule has 0 unspecified atom stereocenters. The lowest BCUT2D eigenvalue weighted by molar-refractivity contribution is -0.136. The normalized spacial score (nSPS) is 9.84. The fourth-order valence-corrected chi connectivity index (χ4v) is 1.62. The molecule has 0 aliphatic heterocycles. The Balaban J connectivity index is 2.97. The lowest BCUT2D eigenvalue weighted by Gasteiger charge is -2.21. The number of carbonyl (C=O) groups is 2. The van der Waals surface area contributed by atoms with Crippen LogP contribution in [0.1, 0.15) is 25.8 Å². The highest BCUT2D eigenvalue weighted by Crippen LogP contribution is 2.16. The van der Waals surface area contributed by atoms with Crippen LogP contribution in [-0.2, 0) is 9.59 Å². The third-order valence-corrected chi connectivity index (χ3v) is 2.57. The van der Waals surface area contributed by atoms with Gasteiger partial charge in [-0.05, 0) is 32.9 Å². The summed E-state index contributed by atoms with van der Waals surface area (Å²) in [4.78, 5) is 24.3. The monoisotopic (exact) mass is 261 g/mol. The number of benzene rings is 1. The number of carboxylic acids is 1. The third kappa shape index (κ3) is 4.95. The van der Waals surface area contributed by atoms with E-state index in [1.54, 1.807) is 0 Å². The van der Waals surface area contributed by atoms with Crippen molar-refractivity contribution in [1.82, 2.24) is 0 Å². The van der Waals surface area contributed by atoms with Gasteiger partial charge in [-0.25, -0.2) is 0 Å². The molecule has 19 heavy (non-hydrogen) atoms. The number of aliphatic carboxylic acids is 1. The number of carbonyl (C=O) groups excluding carboxylic acids is 1. The summed E-state index contributed by atoms with van der Waals surface area (Å²) in [5.41, 5.74) is 2.70. The summed E-state index contributed by atoms with van der Waals surface area (Å²) in [6, 6.07) is 7.46. The Morgan fingerprint density at radius 1 is 1.21 bits per heavy atom. The maximum atomic E-state index is 12.1. The molecule has 0 heterocycles. The van der Waals surface area contributed by atoms with Gasteiger partial charge >= 0.3 is 5.97 Å². The zero-order valence-corrected chi connectivity index (χ0v) is 11.5. The quantitative estimate of drug-likeness (QED) is 0.829. The number of amides is 1. The third-order valence-electron chi connectivity index (χ3n) is 2.57. The van der Waals surface area contributed by atoms with Crippen molar-refractivity contribution in [2.45, 2.75) is 27.2 Å². The van der Waals surface area contributed by atoms with Crippen LogP contribution < -0.4 is 4.90 Å². The first-order chi connectivity index (χ1) is 8.90. The molecule has 4 heteroatoms. The van der Waals surface area contributed by atoms with Gasteiger partial charge in [0.1, 0.15) is 0 Å². The zero-order chi connectivity index (χ0) is 14.4. The summed E-state index contributed by atoms with van der Waals surface area (Å²) in [6.45, 7) is 5.80. The average molecular weight is 261 g/mol. The molecule has 1 N–H and O–H groups in total. The Labute approximate surface area is 113 Å². The minimum absolute atomic E-state index is 0.0732. The highest BCUT2D eigenvalue weighted by Gasteiger charge is 2.14. The van der Waals surface area contributed by atoms with Crippen molar-refractivity contribution in [3.63, 3.8) is 0 Å². The SMILES string of the molecule is CC(C)=CC(=O)N(CCC(=O)O)c1ccc(C)cc1. The molecule has 1 rings (SSSR count). The molecule has 0 radical (unpaired) electrons. The van der Waals surface area contributed by atoms with Gasteiger partial charge in [-0.1, -0.05) is 23.3 Å². The summed E-state index contributed by atoms with van der Waals surface area (Å²) in [6.07, 6.45) is 1.44. The molecule has 0 atom stereocenters. The highest BCUT2D eigenvalue weighted by atomic mass is 16.4. The van der Waals surface area contributed by atoms with Crippen LogP contribution >= 0.6 is 0 Å². The Bertz CT molecular complexity index is 485. The maximum Gasteiger partial charge on any atom is 0.305 e. The molecule has 1 amide bonds. The molecule has 1 aromatic rings. The topological polar surface area (TPSA) is 57.6 Å². The minimum atomic E-state index is -0.915. The van der Waals surface area contributed by atoms with Crippen molar-refractivity contribution in [2.24, 2.45) is 0 Å².